The van der Waals surface area contributed by atoms with Crippen molar-refractivity contribution in [2.24, 2.45) is 10.3 Å². The number of sulfonamides is 2. The zero-order valence-corrected chi connectivity index (χ0v) is 34.8. The van der Waals surface area contributed by atoms with Crippen molar-refractivity contribution in [2.75, 3.05) is 26.7 Å². The fraction of sp³-hybridized carbons (Fsp3) is 0.586. The lowest BCUT2D eigenvalue weighted by atomic mass is 10.0. The van der Waals surface area contributed by atoms with Crippen LogP contribution in [0.3, 0.4) is 0 Å². The monoisotopic (exact) mass is 892 g/mol. The number of likely N-dealkylation sites (N-methyl/N-ethyl adjacent to an activating group) is 2. The molecule has 0 aromatic carbocycles. The van der Waals surface area contributed by atoms with Crippen molar-refractivity contribution in [2.45, 2.75) is 82.4 Å². The molecule has 0 aromatic heterocycles. The standard InChI is InChI=1S/C29H40N4O16S6/c1-5-32(20-12-24(54(30,42)43)50-26-18(20)10-16(3)52(26,38)39)28(36)48-14-46-22(34)8-7-9-23(35)47-15-49-29(37)33(6-2)21-13-25(55(31,44)45)51-27-19(21)11-17(4)53(27,40)41/h12-13,16-17,20-21H,5-11,14-15H2,1-4H3,(H2,30,42,43)(H2,31,44,45)/t16-,17-,20-,21-/m0/s1. The number of amides is 2. The van der Waals surface area contributed by atoms with E-state index >= 15 is 0 Å². The van der Waals surface area contributed by atoms with Gasteiger partial charge in [-0.2, -0.15) is 0 Å². The van der Waals surface area contributed by atoms with Gasteiger partial charge in [-0.05, 0) is 70.3 Å². The maximum Gasteiger partial charge on any atom is 0.413 e. The van der Waals surface area contributed by atoms with Crippen LogP contribution in [0.4, 0.5) is 9.59 Å². The summed E-state index contributed by atoms with van der Waals surface area (Å²) < 4.78 is 118. The number of rotatable bonds is 14. The molecule has 0 saturated heterocycles. The van der Waals surface area contributed by atoms with Gasteiger partial charge < -0.3 is 18.9 Å². The topological polar surface area (TPSA) is 300 Å². The first-order valence-electron chi connectivity index (χ1n) is 16.4. The van der Waals surface area contributed by atoms with Crippen LogP contribution in [0, 0.1) is 0 Å². The lowest BCUT2D eigenvalue weighted by molar-refractivity contribution is -0.154. The van der Waals surface area contributed by atoms with E-state index in [9.17, 15) is 52.8 Å². The van der Waals surface area contributed by atoms with Crippen LogP contribution >= 0.6 is 23.5 Å². The largest absolute Gasteiger partial charge is 0.428 e. The number of nitrogens with two attached hydrogens (primary N) is 2. The third kappa shape index (κ3) is 9.88. The Bertz CT molecular complexity index is 2040. The van der Waals surface area contributed by atoms with E-state index in [0.29, 0.717) is 34.7 Å². The summed E-state index contributed by atoms with van der Waals surface area (Å²) >= 11 is 1.01. The number of thioether (sulfide) groups is 2. The van der Waals surface area contributed by atoms with E-state index in [-0.39, 0.29) is 53.7 Å². The summed E-state index contributed by atoms with van der Waals surface area (Å²) in [6, 6.07) is -2.22. The van der Waals surface area contributed by atoms with Crippen LogP contribution in [0.5, 0.6) is 0 Å². The summed E-state index contributed by atoms with van der Waals surface area (Å²) in [6.07, 6.45) is -0.392. The van der Waals surface area contributed by atoms with Gasteiger partial charge in [-0.15, -0.1) is 0 Å². The second kappa shape index (κ2) is 17.2. The van der Waals surface area contributed by atoms with Crippen molar-refractivity contribution in [1.82, 2.24) is 9.80 Å². The SMILES string of the molecule is CCN(C(=O)OCOC(=O)CCCC(=O)OCOC(=O)N(CC)[C@H]1C=C(S(N)(=O)=O)SC2=C1C[C@H](C)S2(=O)=O)[C@H]1C=C(S(N)(=O)=O)SC2=C1C[C@H](C)S2(=O)=O. The molecule has 4 atom stereocenters. The molecular formula is C29H40N4O16S6. The zero-order valence-electron chi connectivity index (χ0n) is 29.9. The number of primary sulfonamides is 2. The number of ether oxygens (including phenoxy) is 4. The van der Waals surface area contributed by atoms with Crippen molar-refractivity contribution >= 4 is 87.4 Å². The van der Waals surface area contributed by atoms with E-state index in [0.717, 1.165) is 9.80 Å². The maximum absolute atomic E-state index is 13.0. The first-order valence-corrected chi connectivity index (χ1v) is 24.2. The normalized spacial score (nSPS) is 24.2. The van der Waals surface area contributed by atoms with Crippen LogP contribution in [0.1, 0.15) is 59.8 Å². The summed E-state index contributed by atoms with van der Waals surface area (Å²) in [5, 5.41) is 8.82. The van der Waals surface area contributed by atoms with Crippen molar-refractivity contribution in [1.29, 1.82) is 0 Å². The fourth-order valence-corrected chi connectivity index (χ4v) is 14.8. The first-order chi connectivity index (χ1) is 25.4. The number of hydrogen-bond acceptors (Lipinski definition) is 18. The van der Waals surface area contributed by atoms with E-state index in [1.165, 1.54) is 26.0 Å². The molecule has 4 rings (SSSR count). The molecule has 20 nitrogen and oxygen atoms in total. The number of carbonyl (C=O) groups is 4. The van der Waals surface area contributed by atoms with Gasteiger partial charge in [0.2, 0.25) is 33.6 Å². The maximum atomic E-state index is 13.0. The molecule has 0 aromatic rings. The molecule has 4 N–H and O–H groups in total. The van der Waals surface area contributed by atoms with Gasteiger partial charge in [-0.1, -0.05) is 23.5 Å². The average molecular weight is 893 g/mol. The third-order valence-electron chi connectivity index (χ3n) is 8.75. The van der Waals surface area contributed by atoms with Gasteiger partial charge in [-0.3, -0.25) is 19.4 Å². The van der Waals surface area contributed by atoms with Gasteiger partial charge in [0.1, 0.15) is 16.9 Å². The predicted octanol–water partition coefficient (Wildman–Crippen LogP) is 1.40. The Morgan fingerprint density at radius 1 is 0.691 bits per heavy atom. The van der Waals surface area contributed by atoms with Gasteiger partial charge in [0.05, 0.1) is 22.6 Å². The van der Waals surface area contributed by atoms with Crippen LogP contribution in [-0.2, 0) is 68.3 Å². The van der Waals surface area contributed by atoms with Gasteiger partial charge in [0.15, 0.2) is 19.7 Å². The van der Waals surface area contributed by atoms with Gasteiger partial charge >= 0.3 is 24.1 Å². The summed E-state index contributed by atoms with van der Waals surface area (Å²) in [4.78, 5) is 52.5. The highest BCUT2D eigenvalue weighted by Crippen LogP contribution is 2.50. The molecule has 2 amide bonds. The lowest BCUT2D eigenvalue weighted by Crippen LogP contribution is -2.42. The Labute approximate surface area is 326 Å². The number of hydrogen-bond donors (Lipinski definition) is 2. The molecule has 4 aliphatic rings. The number of carbonyl (C=O) groups excluding carboxylic acids is 4. The molecule has 26 heteroatoms. The van der Waals surface area contributed by atoms with Crippen molar-refractivity contribution in [3.05, 3.63) is 40.2 Å². The number of esters is 2. The molecule has 0 aliphatic carbocycles. The molecule has 0 unspecified atom stereocenters. The fourth-order valence-electron chi connectivity index (χ4n) is 5.90. The van der Waals surface area contributed by atoms with Crippen LogP contribution in [-0.4, -0.2) is 117 Å². The Hall–Kier alpha value is -3.14. The third-order valence-corrected chi connectivity index (χ3v) is 19.5. The number of sulfone groups is 2. The van der Waals surface area contributed by atoms with Gasteiger partial charge in [0.25, 0.3) is 0 Å². The molecule has 55 heavy (non-hydrogen) atoms. The minimum Gasteiger partial charge on any atom is -0.428 e. The minimum atomic E-state index is -4.33. The smallest absolute Gasteiger partial charge is 0.413 e. The molecule has 0 spiro atoms. The van der Waals surface area contributed by atoms with Crippen LogP contribution in [0.15, 0.2) is 40.2 Å². The highest BCUT2D eigenvalue weighted by atomic mass is 32.3. The average Bonchev–Trinajstić information content (AvgIpc) is 3.46. The Morgan fingerprint density at radius 3 is 1.35 bits per heavy atom. The summed E-state index contributed by atoms with van der Waals surface area (Å²) in [5.74, 6) is -1.73. The second-order valence-corrected chi connectivity index (χ2v) is 23.2. The van der Waals surface area contributed by atoms with Crippen molar-refractivity contribution < 1.29 is 71.8 Å². The van der Waals surface area contributed by atoms with Gasteiger partial charge in [0, 0.05) is 25.9 Å². The Balaban J connectivity index is 1.23. The molecule has 4 aliphatic heterocycles. The molecule has 0 fully saturated rings. The van der Waals surface area contributed by atoms with Crippen molar-refractivity contribution in [3.63, 3.8) is 0 Å². The van der Waals surface area contributed by atoms with E-state index in [4.69, 9.17) is 29.2 Å². The van der Waals surface area contributed by atoms with Crippen molar-refractivity contribution in [3.8, 4) is 0 Å². The highest BCUT2D eigenvalue weighted by molar-refractivity contribution is 8.28. The quantitative estimate of drug-likeness (QED) is 0.184. The van der Waals surface area contributed by atoms with Gasteiger partial charge in [-0.25, -0.2) is 53.5 Å². The second-order valence-electron chi connectivity index (χ2n) is 12.4. The minimum absolute atomic E-state index is 0.0407. The highest BCUT2D eigenvalue weighted by Gasteiger charge is 2.47. The molecule has 308 valence electrons. The molecule has 0 radical (unpaired) electrons. The lowest BCUT2D eigenvalue weighted by Gasteiger charge is -2.31. The Morgan fingerprint density at radius 2 is 1.04 bits per heavy atom. The molecule has 4 heterocycles. The first kappa shape index (κ1) is 44.6. The van der Waals surface area contributed by atoms with E-state index in [1.807, 2.05) is 0 Å². The van der Waals surface area contributed by atoms with Crippen LogP contribution in [0.25, 0.3) is 0 Å². The Kier molecular flexibility index (Phi) is 13.9. The molecule has 0 saturated carbocycles. The zero-order chi connectivity index (χ0) is 41.3. The summed E-state index contributed by atoms with van der Waals surface area (Å²) in [7, 11) is -16.4. The van der Waals surface area contributed by atoms with Crippen LogP contribution in [0.2, 0.25) is 0 Å². The van der Waals surface area contributed by atoms with E-state index < -0.39 is 108 Å². The van der Waals surface area contributed by atoms with E-state index in [2.05, 4.69) is 0 Å². The predicted molar refractivity (Wildman–Crippen MR) is 199 cm³/mol. The summed E-state index contributed by atoms with van der Waals surface area (Å²) in [6.45, 7) is 4.20. The number of nitrogens with zero attached hydrogens (tertiary/aromatic N) is 2. The summed E-state index contributed by atoms with van der Waals surface area (Å²) in [5.41, 5.74) is 0.605. The molecular weight excluding hydrogens is 853 g/mol. The molecule has 0 bridgehead atoms. The van der Waals surface area contributed by atoms with E-state index in [1.54, 1.807) is 13.8 Å². The van der Waals surface area contributed by atoms with Crippen LogP contribution < -0.4 is 10.3 Å².